The van der Waals surface area contributed by atoms with Gasteiger partial charge in [0.15, 0.2) is 12.6 Å². The number of aliphatic hydroxyl groups excluding tert-OH is 2. The van der Waals surface area contributed by atoms with Crippen LogP contribution in [0.5, 0.6) is 0 Å². The summed E-state index contributed by atoms with van der Waals surface area (Å²) in [4.78, 5) is 16.4. The average molecular weight is 816 g/mol. The van der Waals surface area contributed by atoms with E-state index in [1.807, 2.05) is 60.5 Å². The highest BCUT2D eigenvalue weighted by Gasteiger charge is 2.58. The molecule has 1 saturated carbocycles. The lowest BCUT2D eigenvalue weighted by molar-refractivity contribution is -0.334. The van der Waals surface area contributed by atoms with Crippen LogP contribution in [0.15, 0.2) is 0 Å². The molecule has 3 aliphatic heterocycles. The lowest BCUT2D eigenvalue weighted by atomic mass is 9.72. The molecule has 4 rings (SSSR count). The van der Waals surface area contributed by atoms with Gasteiger partial charge < -0.3 is 64.4 Å². The summed E-state index contributed by atoms with van der Waals surface area (Å²) >= 11 is 0. The minimum absolute atomic E-state index is 0.0542. The summed E-state index contributed by atoms with van der Waals surface area (Å²) in [5, 5.41) is 54.1. The molecule has 6 N–H and O–H groups in total. The molecule has 0 radical (unpaired) electrons. The van der Waals surface area contributed by atoms with E-state index in [9.17, 15) is 25.2 Å². The third kappa shape index (κ3) is 11.1. The van der Waals surface area contributed by atoms with Gasteiger partial charge in [0.1, 0.15) is 29.0 Å². The molecule has 0 spiro atoms. The molecule has 334 valence electrons. The number of likely N-dealkylation sites (N-methyl/N-ethyl adjacent to an activating group) is 1. The second kappa shape index (κ2) is 19.4. The molecule has 0 aromatic carbocycles. The van der Waals surface area contributed by atoms with Gasteiger partial charge in [0.25, 0.3) is 0 Å². The molecule has 0 bridgehead atoms. The molecule has 3 heterocycles. The van der Waals surface area contributed by atoms with Crippen LogP contribution >= 0.6 is 0 Å². The van der Waals surface area contributed by atoms with Gasteiger partial charge in [-0.15, -0.1) is 0 Å². The minimum atomic E-state index is -1.74. The van der Waals surface area contributed by atoms with Gasteiger partial charge >= 0.3 is 5.97 Å². The van der Waals surface area contributed by atoms with Gasteiger partial charge in [-0.05, 0) is 112 Å². The maximum atomic E-state index is 14.4. The standard InChI is InChI=1S/C43H81N3O11/c1-15-32-42(11,50)36(48)24(2)21-45-25(3)19-40(8,9)37(57-39-34(47)31(46(12)13)18-26(4)53-39)27(5)35(28(6)38(49)55-32)56-33-20-41(10,52-14)43(51,29(7)54-33)23-44-22-30-16-17-30/h24-37,39,44-45,47-48,50-51H,15-23H2,1-14H3/t24-,25+,26+,27-,28+,29-,31-,32+,33+,34+,35+,36+,37+,39-,41-,42+,43+/m0/s1. The molecule has 0 amide bonds. The zero-order valence-corrected chi connectivity index (χ0v) is 37.6. The van der Waals surface area contributed by atoms with Crippen molar-refractivity contribution < 1.29 is 53.6 Å². The minimum Gasteiger partial charge on any atom is -0.459 e. The van der Waals surface area contributed by atoms with Crippen molar-refractivity contribution in [1.82, 2.24) is 15.5 Å². The van der Waals surface area contributed by atoms with E-state index in [0.717, 1.165) is 6.54 Å². The van der Waals surface area contributed by atoms with Crippen molar-refractivity contribution in [3.63, 3.8) is 0 Å². The van der Waals surface area contributed by atoms with Crippen molar-refractivity contribution in [2.45, 2.75) is 199 Å². The summed E-state index contributed by atoms with van der Waals surface area (Å²) < 4.78 is 39.1. The number of rotatable bonds is 11. The second-order valence-electron chi connectivity index (χ2n) is 19.7. The Morgan fingerprint density at radius 1 is 0.965 bits per heavy atom. The van der Waals surface area contributed by atoms with E-state index in [1.165, 1.54) is 19.8 Å². The highest BCUT2D eigenvalue weighted by atomic mass is 16.7. The van der Waals surface area contributed by atoms with E-state index >= 15 is 0 Å². The third-order valence-corrected chi connectivity index (χ3v) is 14.0. The van der Waals surface area contributed by atoms with Gasteiger partial charge in [-0.1, -0.05) is 34.6 Å². The predicted molar refractivity (Wildman–Crippen MR) is 217 cm³/mol. The second-order valence-corrected chi connectivity index (χ2v) is 19.7. The number of esters is 1. The van der Waals surface area contributed by atoms with Crippen LogP contribution in [0.3, 0.4) is 0 Å². The zero-order valence-electron chi connectivity index (χ0n) is 37.6. The van der Waals surface area contributed by atoms with E-state index in [-0.39, 0.29) is 43.5 Å². The first-order valence-electron chi connectivity index (χ1n) is 21.7. The van der Waals surface area contributed by atoms with Crippen molar-refractivity contribution in [2.24, 2.45) is 29.1 Å². The normalized spacial score (nSPS) is 46.9. The van der Waals surface area contributed by atoms with Crippen LogP contribution in [0, 0.1) is 29.1 Å². The zero-order chi connectivity index (χ0) is 42.8. The Morgan fingerprint density at radius 3 is 2.19 bits per heavy atom. The molecular weight excluding hydrogens is 734 g/mol. The fourth-order valence-electron chi connectivity index (χ4n) is 9.88. The van der Waals surface area contributed by atoms with Crippen molar-refractivity contribution >= 4 is 5.97 Å². The number of hydrogen-bond donors (Lipinski definition) is 6. The van der Waals surface area contributed by atoms with E-state index in [0.29, 0.717) is 25.3 Å². The molecule has 3 saturated heterocycles. The van der Waals surface area contributed by atoms with Crippen LogP contribution in [0.25, 0.3) is 0 Å². The number of cyclic esters (lactones) is 1. The summed E-state index contributed by atoms with van der Waals surface area (Å²) in [7, 11) is 5.46. The lowest BCUT2D eigenvalue weighted by Gasteiger charge is -2.54. The van der Waals surface area contributed by atoms with E-state index < -0.39 is 89.2 Å². The fourth-order valence-corrected chi connectivity index (χ4v) is 9.88. The first kappa shape index (κ1) is 48.7. The number of methoxy groups -OCH3 is 1. The van der Waals surface area contributed by atoms with Crippen LogP contribution in [0.2, 0.25) is 0 Å². The Labute approximate surface area is 343 Å². The topological polar surface area (TPSA) is 181 Å². The summed E-state index contributed by atoms with van der Waals surface area (Å²) in [6.45, 7) is 22.4. The van der Waals surface area contributed by atoms with Gasteiger partial charge in [0.05, 0.1) is 36.4 Å². The number of nitrogens with one attached hydrogen (secondary N) is 2. The van der Waals surface area contributed by atoms with Crippen LogP contribution < -0.4 is 10.6 Å². The highest BCUT2D eigenvalue weighted by Crippen LogP contribution is 2.44. The number of nitrogens with zero attached hydrogens (tertiary/aromatic N) is 1. The summed E-state index contributed by atoms with van der Waals surface area (Å²) in [5.74, 6) is -1.79. The first-order chi connectivity index (χ1) is 26.4. The third-order valence-electron chi connectivity index (χ3n) is 14.0. The van der Waals surface area contributed by atoms with E-state index in [2.05, 4.69) is 31.4 Å². The molecule has 0 unspecified atom stereocenters. The number of carbonyl (C=O) groups excluding carboxylic acids is 1. The number of hydrogen-bond acceptors (Lipinski definition) is 14. The van der Waals surface area contributed by atoms with Gasteiger partial charge in [-0.3, -0.25) is 4.79 Å². The molecule has 57 heavy (non-hydrogen) atoms. The van der Waals surface area contributed by atoms with Gasteiger partial charge in [-0.2, -0.15) is 0 Å². The first-order valence-corrected chi connectivity index (χ1v) is 21.7. The largest absolute Gasteiger partial charge is 0.459 e. The SMILES string of the molecule is CC[C@H]1OC(=O)[C@H](C)[C@H](O[C@@H]2C[C@](C)(OC)[C@@](O)(CNCC3CC3)[C@H](C)O2)[C@H](C)[C@@H](O[C@@H]2O[C@H](C)C[C@H](N(C)C)[C@H]2O)C(C)(C)C[C@@H](C)NC[C@H](C)[C@@H](O)[C@]1(C)O. The van der Waals surface area contributed by atoms with Crippen molar-refractivity contribution in [3.8, 4) is 0 Å². The van der Waals surface area contributed by atoms with Gasteiger partial charge in [-0.25, -0.2) is 0 Å². The average Bonchev–Trinajstić information content (AvgIpc) is 3.96. The lowest BCUT2D eigenvalue weighted by Crippen LogP contribution is -2.70. The Kier molecular flexibility index (Phi) is 16.5. The molecule has 0 aromatic heterocycles. The molecular formula is C43H81N3O11. The molecule has 4 aliphatic rings. The van der Waals surface area contributed by atoms with Gasteiger partial charge in [0, 0.05) is 44.6 Å². The number of ether oxygens (including phenoxy) is 6. The van der Waals surface area contributed by atoms with E-state index in [4.69, 9.17) is 28.4 Å². The molecule has 4 fully saturated rings. The monoisotopic (exact) mass is 816 g/mol. The van der Waals surface area contributed by atoms with Crippen LogP contribution in [0.4, 0.5) is 0 Å². The van der Waals surface area contributed by atoms with Crippen molar-refractivity contribution in [3.05, 3.63) is 0 Å². The van der Waals surface area contributed by atoms with Crippen LogP contribution in [-0.2, 0) is 33.2 Å². The van der Waals surface area contributed by atoms with E-state index in [1.54, 1.807) is 14.0 Å². The summed E-state index contributed by atoms with van der Waals surface area (Å²) in [5.41, 5.74) is -4.79. The maximum Gasteiger partial charge on any atom is 0.311 e. The predicted octanol–water partition coefficient (Wildman–Crippen LogP) is 3.20. The quantitative estimate of drug-likeness (QED) is 0.168. The fraction of sp³-hybridized carbons (Fsp3) is 0.977. The Bertz CT molecular complexity index is 1290. The summed E-state index contributed by atoms with van der Waals surface area (Å²) in [6.07, 6.45) is -3.37. The molecule has 0 aromatic rings. The Balaban J connectivity index is 1.77. The number of aliphatic hydroxyl groups is 4. The molecule has 14 nitrogen and oxygen atoms in total. The molecule has 14 heteroatoms. The molecule has 1 aliphatic carbocycles. The van der Waals surface area contributed by atoms with Crippen LogP contribution in [0.1, 0.15) is 115 Å². The summed E-state index contributed by atoms with van der Waals surface area (Å²) in [6, 6.07) is -0.254. The van der Waals surface area contributed by atoms with Crippen molar-refractivity contribution in [2.75, 3.05) is 40.8 Å². The molecule has 17 atom stereocenters. The Morgan fingerprint density at radius 2 is 1.61 bits per heavy atom. The maximum absolute atomic E-state index is 14.4. The highest BCUT2D eigenvalue weighted by molar-refractivity contribution is 5.73. The smallest absolute Gasteiger partial charge is 0.311 e. The van der Waals surface area contributed by atoms with Crippen LogP contribution in [-0.4, -0.2) is 156 Å². The van der Waals surface area contributed by atoms with Crippen molar-refractivity contribution in [1.29, 1.82) is 0 Å². The van der Waals surface area contributed by atoms with Gasteiger partial charge in [0.2, 0.25) is 0 Å². The number of carbonyl (C=O) groups is 1. The Hall–Kier alpha value is -1.01.